The number of carbonyl (C=O) groups excluding carboxylic acids is 1. The van der Waals surface area contributed by atoms with Gasteiger partial charge in [-0.2, -0.15) is 0 Å². The Hall–Kier alpha value is -2.44. The zero-order valence-corrected chi connectivity index (χ0v) is 12.5. The minimum Gasteiger partial charge on any atom is -0.481 e. The lowest BCUT2D eigenvalue weighted by molar-refractivity contribution is -0.385. The maximum atomic E-state index is 12.6. The highest BCUT2D eigenvalue weighted by atomic mass is 16.6. The molecule has 1 aromatic carbocycles. The first-order chi connectivity index (χ1) is 10.3. The number of rotatable bonds is 6. The molecule has 1 atom stereocenters. The summed E-state index contributed by atoms with van der Waals surface area (Å²) < 4.78 is 0. The Labute approximate surface area is 127 Å². The summed E-state index contributed by atoms with van der Waals surface area (Å²) in [7, 11) is 0. The molecule has 7 nitrogen and oxygen atoms in total. The third-order valence-corrected chi connectivity index (χ3v) is 3.79. The van der Waals surface area contributed by atoms with Crippen molar-refractivity contribution >= 4 is 17.6 Å². The molecule has 22 heavy (non-hydrogen) atoms. The number of hydrogen-bond donors (Lipinski definition) is 1. The minimum atomic E-state index is -0.965. The topological polar surface area (TPSA) is 101 Å². The van der Waals surface area contributed by atoms with Gasteiger partial charge in [0, 0.05) is 29.8 Å². The van der Waals surface area contributed by atoms with Crippen molar-refractivity contribution in [2.75, 3.05) is 6.54 Å². The quantitative estimate of drug-likeness (QED) is 0.641. The predicted molar refractivity (Wildman–Crippen MR) is 78.7 cm³/mol. The van der Waals surface area contributed by atoms with Gasteiger partial charge in [0.1, 0.15) is 0 Å². The number of aryl methyl sites for hydroxylation is 1. The molecule has 1 saturated carbocycles. The molecule has 7 heteroatoms. The van der Waals surface area contributed by atoms with Crippen LogP contribution in [0.5, 0.6) is 0 Å². The van der Waals surface area contributed by atoms with Crippen LogP contribution in [0.2, 0.25) is 0 Å². The number of carbonyl (C=O) groups is 2. The molecular weight excluding hydrogens is 288 g/mol. The molecule has 0 spiro atoms. The molecule has 1 aromatic rings. The molecule has 0 bridgehead atoms. The lowest BCUT2D eigenvalue weighted by atomic mass is 10.1. The number of amides is 1. The van der Waals surface area contributed by atoms with Crippen LogP contribution in [0.1, 0.15) is 35.7 Å². The number of nitro benzene ring substituents is 1. The van der Waals surface area contributed by atoms with E-state index in [4.69, 9.17) is 5.11 Å². The fraction of sp³-hybridized carbons (Fsp3) is 0.467. The van der Waals surface area contributed by atoms with Gasteiger partial charge in [-0.25, -0.2) is 0 Å². The van der Waals surface area contributed by atoms with Gasteiger partial charge >= 0.3 is 5.97 Å². The lowest BCUT2D eigenvalue weighted by Crippen LogP contribution is -2.38. The molecular formula is C15H18N2O5. The van der Waals surface area contributed by atoms with E-state index in [1.54, 1.807) is 19.9 Å². The number of nitrogens with zero attached hydrogens (tertiary/aromatic N) is 2. The van der Waals surface area contributed by atoms with Gasteiger partial charge in [-0.05, 0) is 25.8 Å². The van der Waals surface area contributed by atoms with Crippen LogP contribution < -0.4 is 0 Å². The van der Waals surface area contributed by atoms with E-state index in [0.29, 0.717) is 5.56 Å². The van der Waals surface area contributed by atoms with Crippen LogP contribution in [-0.4, -0.2) is 39.4 Å². The molecule has 1 aliphatic carbocycles. The summed E-state index contributed by atoms with van der Waals surface area (Å²) in [6.07, 6.45) is 1.68. The average molecular weight is 306 g/mol. The molecule has 118 valence electrons. The van der Waals surface area contributed by atoms with Gasteiger partial charge in [-0.3, -0.25) is 19.7 Å². The monoisotopic (exact) mass is 306 g/mol. The summed E-state index contributed by atoms with van der Waals surface area (Å²) in [6, 6.07) is 4.38. The van der Waals surface area contributed by atoms with E-state index in [1.165, 1.54) is 17.0 Å². The van der Waals surface area contributed by atoms with E-state index in [1.807, 2.05) is 0 Å². The summed E-state index contributed by atoms with van der Waals surface area (Å²) in [5, 5.41) is 20.0. The molecule has 0 heterocycles. The zero-order chi connectivity index (χ0) is 16.4. The SMILES string of the molecule is Cc1ccc(C(=O)N(CC(C)C(=O)O)C2CC2)cc1[N+](=O)[O-]. The molecule has 0 aliphatic heterocycles. The molecule has 0 radical (unpaired) electrons. The lowest BCUT2D eigenvalue weighted by Gasteiger charge is -2.24. The number of hydrogen-bond acceptors (Lipinski definition) is 4. The molecule has 1 unspecified atom stereocenters. The van der Waals surface area contributed by atoms with Crippen molar-refractivity contribution in [3.8, 4) is 0 Å². The van der Waals surface area contributed by atoms with E-state index in [2.05, 4.69) is 0 Å². The minimum absolute atomic E-state index is 0.0367. The molecule has 1 aliphatic rings. The fourth-order valence-corrected chi connectivity index (χ4v) is 2.26. The summed E-state index contributed by atoms with van der Waals surface area (Å²) in [5.74, 6) is -1.99. The van der Waals surface area contributed by atoms with Gasteiger partial charge in [-0.1, -0.05) is 13.0 Å². The van der Waals surface area contributed by atoms with Gasteiger partial charge in [0.25, 0.3) is 11.6 Å². The Kier molecular flexibility index (Phi) is 4.44. The molecule has 1 N–H and O–H groups in total. The van der Waals surface area contributed by atoms with E-state index in [0.717, 1.165) is 12.8 Å². The standard InChI is InChI=1S/C15H18N2O5/c1-9-3-4-11(7-13(9)17(21)22)14(18)16(12-5-6-12)8-10(2)15(19)20/h3-4,7,10,12H,5-6,8H2,1-2H3,(H,19,20). The Morgan fingerprint density at radius 3 is 2.59 bits per heavy atom. The van der Waals surface area contributed by atoms with Crippen molar-refractivity contribution in [2.24, 2.45) is 5.92 Å². The summed E-state index contributed by atoms with van der Waals surface area (Å²) in [6.45, 7) is 3.26. The van der Waals surface area contributed by atoms with Gasteiger partial charge < -0.3 is 10.0 Å². The van der Waals surface area contributed by atoms with Crippen molar-refractivity contribution in [1.29, 1.82) is 0 Å². The number of benzene rings is 1. The number of aliphatic carboxylic acids is 1. The van der Waals surface area contributed by atoms with Gasteiger partial charge in [0.2, 0.25) is 0 Å². The largest absolute Gasteiger partial charge is 0.481 e. The number of carboxylic acids is 1. The number of nitro groups is 1. The molecule has 1 fully saturated rings. The Balaban J connectivity index is 2.25. The van der Waals surface area contributed by atoms with E-state index < -0.39 is 16.8 Å². The first kappa shape index (κ1) is 15.9. The highest BCUT2D eigenvalue weighted by Gasteiger charge is 2.35. The second-order valence-electron chi connectivity index (χ2n) is 5.69. The number of carboxylic acid groups (broad SMARTS) is 1. The predicted octanol–water partition coefficient (Wildman–Crippen LogP) is 2.23. The molecule has 0 saturated heterocycles. The summed E-state index contributed by atoms with van der Waals surface area (Å²) in [4.78, 5) is 35.6. The summed E-state index contributed by atoms with van der Waals surface area (Å²) >= 11 is 0. The van der Waals surface area contributed by atoms with Gasteiger partial charge in [-0.15, -0.1) is 0 Å². The first-order valence-corrected chi connectivity index (χ1v) is 7.10. The van der Waals surface area contributed by atoms with E-state index >= 15 is 0 Å². The van der Waals surface area contributed by atoms with Crippen LogP contribution in [0.25, 0.3) is 0 Å². The highest BCUT2D eigenvalue weighted by molar-refractivity contribution is 5.95. The van der Waals surface area contributed by atoms with Crippen LogP contribution in [0, 0.1) is 23.0 Å². The Morgan fingerprint density at radius 2 is 2.09 bits per heavy atom. The van der Waals surface area contributed by atoms with Gasteiger partial charge in [0.05, 0.1) is 10.8 Å². The Morgan fingerprint density at radius 1 is 1.45 bits per heavy atom. The fourth-order valence-electron chi connectivity index (χ4n) is 2.26. The van der Waals surface area contributed by atoms with Crippen molar-refractivity contribution in [3.05, 3.63) is 39.4 Å². The second kappa shape index (κ2) is 6.13. The maximum Gasteiger partial charge on any atom is 0.308 e. The van der Waals surface area contributed by atoms with Crippen molar-refractivity contribution < 1.29 is 19.6 Å². The summed E-state index contributed by atoms with van der Waals surface area (Å²) in [5.41, 5.74) is 0.605. The smallest absolute Gasteiger partial charge is 0.308 e. The van der Waals surface area contributed by atoms with E-state index in [-0.39, 0.29) is 29.7 Å². The zero-order valence-electron chi connectivity index (χ0n) is 12.5. The van der Waals surface area contributed by atoms with Crippen molar-refractivity contribution in [2.45, 2.75) is 32.7 Å². The van der Waals surface area contributed by atoms with Crippen molar-refractivity contribution in [3.63, 3.8) is 0 Å². The average Bonchev–Trinajstić information content (AvgIpc) is 3.28. The molecule has 0 aromatic heterocycles. The highest BCUT2D eigenvalue weighted by Crippen LogP contribution is 2.30. The normalized spacial score (nSPS) is 15.2. The molecule has 1 amide bonds. The van der Waals surface area contributed by atoms with Crippen LogP contribution in [-0.2, 0) is 4.79 Å². The van der Waals surface area contributed by atoms with Crippen LogP contribution >= 0.6 is 0 Å². The van der Waals surface area contributed by atoms with Crippen LogP contribution in [0.3, 0.4) is 0 Å². The molecule has 2 rings (SSSR count). The second-order valence-corrected chi connectivity index (χ2v) is 5.69. The Bertz CT molecular complexity index is 624. The first-order valence-electron chi connectivity index (χ1n) is 7.10. The van der Waals surface area contributed by atoms with Gasteiger partial charge in [0.15, 0.2) is 0 Å². The van der Waals surface area contributed by atoms with Crippen molar-refractivity contribution in [1.82, 2.24) is 4.90 Å². The third kappa shape index (κ3) is 3.41. The third-order valence-electron chi connectivity index (χ3n) is 3.79. The van der Waals surface area contributed by atoms with E-state index in [9.17, 15) is 19.7 Å². The maximum absolute atomic E-state index is 12.6. The van der Waals surface area contributed by atoms with Crippen LogP contribution in [0.15, 0.2) is 18.2 Å². The van der Waals surface area contributed by atoms with Crippen LogP contribution in [0.4, 0.5) is 5.69 Å².